The maximum atomic E-state index is 13.0. The van der Waals surface area contributed by atoms with Crippen LogP contribution in [0.4, 0.5) is 0 Å². The lowest BCUT2D eigenvalue weighted by molar-refractivity contribution is -0.137. The van der Waals surface area contributed by atoms with E-state index in [2.05, 4.69) is 11.9 Å². The predicted octanol–water partition coefficient (Wildman–Crippen LogP) is 2.74. The van der Waals surface area contributed by atoms with Gasteiger partial charge in [0.2, 0.25) is 5.91 Å². The lowest BCUT2D eigenvalue weighted by Gasteiger charge is -2.36. The molecular formula is C22H26N4O3S. The Morgan fingerprint density at radius 3 is 2.83 bits per heavy atom. The number of nitrogens with zero attached hydrogens (tertiary/aromatic N) is 3. The Bertz CT molecular complexity index is 1030. The summed E-state index contributed by atoms with van der Waals surface area (Å²) in [4.78, 5) is 50.7. The molecule has 1 N–H and O–H groups in total. The molecule has 3 aliphatic rings. The van der Waals surface area contributed by atoms with Crippen molar-refractivity contribution in [3.05, 3.63) is 49.8 Å². The van der Waals surface area contributed by atoms with Gasteiger partial charge in [-0.1, -0.05) is 13.0 Å². The first kappa shape index (κ1) is 19.5. The zero-order valence-electron chi connectivity index (χ0n) is 17.1. The number of H-pyrrole nitrogens is 1. The van der Waals surface area contributed by atoms with Crippen LogP contribution in [-0.4, -0.2) is 44.7 Å². The number of thiophene rings is 1. The van der Waals surface area contributed by atoms with Crippen molar-refractivity contribution in [2.75, 3.05) is 13.1 Å². The normalized spacial score (nSPS) is 25.7. The lowest BCUT2D eigenvalue weighted by atomic mass is 9.99. The second-order valence-corrected chi connectivity index (χ2v) is 9.64. The Morgan fingerprint density at radius 1 is 1.27 bits per heavy atom. The number of likely N-dealkylation sites (tertiary alicyclic amines) is 1. The average Bonchev–Trinajstić information content (AvgIpc) is 3.25. The number of carbonyl (C=O) groups excluding carboxylic acids is 2. The summed E-state index contributed by atoms with van der Waals surface area (Å²) >= 11 is 1.42. The molecule has 1 saturated carbocycles. The Morgan fingerprint density at radius 2 is 2.10 bits per heavy atom. The number of piperidine rings is 1. The van der Waals surface area contributed by atoms with Crippen molar-refractivity contribution in [1.29, 1.82) is 0 Å². The van der Waals surface area contributed by atoms with E-state index in [9.17, 15) is 14.4 Å². The van der Waals surface area contributed by atoms with Crippen LogP contribution in [0.2, 0.25) is 0 Å². The van der Waals surface area contributed by atoms with E-state index in [1.54, 1.807) is 4.90 Å². The summed E-state index contributed by atoms with van der Waals surface area (Å²) in [5, 5.41) is 1.89. The van der Waals surface area contributed by atoms with E-state index in [0.29, 0.717) is 47.4 Å². The lowest BCUT2D eigenvalue weighted by Crippen LogP contribution is -2.43. The highest BCUT2D eigenvalue weighted by atomic mass is 32.1. The van der Waals surface area contributed by atoms with E-state index in [1.807, 2.05) is 22.4 Å². The van der Waals surface area contributed by atoms with Crippen LogP contribution in [-0.2, 0) is 17.8 Å². The molecule has 0 bridgehead atoms. The molecule has 2 aromatic rings. The Hall–Kier alpha value is -2.48. The first-order valence-corrected chi connectivity index (χ1v) is 11.7. The molecule has 0 aromatic carbocycles. The Labute approximate surface area is 179 Å². The number of aromatic nitrogens is 2. The molecule has 2 fully saturated rings. The summed E-state index contributed by atoms with van der Waals surface area (Å²) in [6.07, 6.45) is 4.27. The summed E-state index contributed by atoms with van der Waals surface area (Å²) in [5.74, 6) is 1.32. The zero-order valence-corrected chi connectivity index (χ0v) is 17.9. The standard InChI is InChI=1S/C22H26N4O3S/c1-13-11-15(13)21(28)26-8-3-2-5-17(26)19-23-16-12-25(9-7-14(16)20(27)24-19)22(29)18-6-4-10-30-18/h4,6,10,13,15,17H,2-3,5,7-9,11-12H2,1H3,(H,23,24,27). The number of fused-ring (bicyclic) bond motifs is 1. The molecule has 2 amide bonds. The van der Waals surface area contributed by atoms with Crippen LogP contribution in [0.25, 0.3) is 0 Å². The van der Waals surface area contributed by atoms with Crippen LogP contribution in [0.5, 0.6) is 0 Å². The summed E-state index contributed by atoms with van der Waals surface area (Å²) in [6, 6.07) is 3.51. The molecule has 4 heterocycles. The minimum atomic E-state index is -0.180. The van der Waals surface area contributed by atoms with E-state index in [4.69, 9.17) is 4.98 Å². The van der Waals surface area contributed by atoms with Gasteiger partial charge in [0.25, 0.3) is 11.5 Å². The number of hydrogen-bond acceptors (Lipinski definition) is 5. The Kier molecular flexibility index (Phi) is 4.97. The smallest absolute Gasteiger partial charge is 0.264 e. The molecule has 158 valence electrons. The highest BCUT2D eigenvalue weighted by molar-refractivity contribution is 7.12. The average molecular weight is 427 g/mol. The summed E-state index contributed by atoms with van der Waals surface area (Å²) in [6.45, 7) is 3.68. The van der Waals surface area contributed by atoms with E-state index < -0.39 is 0 Å². The van der Waals surface area contributed by atoms with Crippen molar-refractivity contribution in [3.63, 3.8) is 0 Å². The summed E-state index contributed by atoms with van der Waals surface area (Å²) in [7, 11) is 0. The third-order valence-electron chi connectivity index (χ3n) is 6.64. The molecule has 8 heteroatoms. The number of nitrogens with one attached hydrogen (secondary N) is 1. The maximum absolute atomic E-state index is 13.0. The quantitative estimate of drug-likeness (QED) is 0.818. The van der Waals surface area contributed by atoms with Crippen molar-refractivity contribution >= 4 is 23.2 Å². The third kappa shape index (κ3) is 3.47. The molecule has 0 spiro atoms. The van der Waals surface area contributed by atoms with E-state index in [0.717, 1.165) is 32.2 Å². The van der Waals surface area contributed by atoms with Gasteiger partial charge in [0.15, 0.2) is 0 Å². The van der Waals surface area contributed by atoms with Gasteiger partial charge in [-0.05, 0) is 49.5 Å². The van der Waals surface area contributed by atoms with Gasteiger partial charge in [0, 0.05) is 24.6 Å². The van der Waals surface area contributed by atoms with Crippen LogP contribution >= 0.6 is 11.3 Å². The van der Waals surface area contributed by atoms with Gasteiger partial charge in [-0.15, -0.1) is 11.3 Å². The summed E-state index contributed by atoms with van der Waals surface area (Å²) < 4.78 is 0. The fraction of sp³-hybridized carbons (Fsp3) is 0.545. The molecule has 2 aromatic heterocycles. The highest BCUT2D eigenvalue weighted by Gasteiger charge is 2.44. The predicted molar refractivity (Wildman–Crippen MR) is 113 cm³/mol. The van der Waals surface area contributed by atoms with Crippen LogP contribution in [0.3, 0.4) is 0 Å². The molecule has 30 heavy (non-hydrogen) atoms. The second kappa shape index (κ2) is 7.65. The van der Waals surface area contributed by atoms with Gasteiger partial charge in [-0.3, -0.25) is 14.4 Å². The van der Waals surface area contributed by atoms with Gasteiger partial charge in [0.05, 0.1) is 23.2 Å². The number of amides is 2. The van der Waals surface area contributed by atoms with Crippen molar-refractivity contribution in [2.45, 2.75) is 51.6 Å². The first-order chi connectivity index (χ1) is 14.5. The van der Waals surface area contributed by atoms with Crippen molar-refractivity contribution in [2.24, 2.45) is 11.8 Å². The molecule has 1 saturated heterocycles. The van der Waals surface area contributed by atoms with Crippen molar-refractivity contribution in [1.82, 2.24) is 19.8 Å². The van der Waals surface area contributed by atoms with Crippen molar-refractivity contribution < 1.29 is 9.59 Å². The molecule has 2 aliphatic heterocycles. The van der Waals surface area contributed by atoms with Crippen LogP contribution < -0.4 is 5.56 Å². The topological polar surface area (TPSA) is 86.4 Å². The van der Waals surface area contributed by atoms with Gasteiger partial charge >= 0.3 is 0 Å². The van der Waals surface area contributed by atoms with E-state index in [1.165, 1.54) is 11.3 Å². The van der Waals surface area contributed by atoms with Gasteiger partial charge in [0.1, 0.15) is 5.82 Å². The Balaban J connectivity index is 1.42. The molecule has 3 atom stereocenters. The molecule has 5 rings (SSSR count). The monoisotopic (exact) mass is 426 g/mol. The second-order valence-electron chi connectivity index (χ2n) is 8.69. The van der Waals surface area contributed by atoms with Gasteiger partial charge in [-0.2, -0.15) is 0 Å². The molecule has 1 aliphatic carbocycles. The van der Waals surface area contributed by atoms with Crippen LogP contribution in [0.15, 0.2) is 22.3 Å². The van der Waals surface area contributed by atoms with Crippen LogP contribution in [0.1, 0.15) is 65.4 Å². The summed E-state index contributed by atoms with van der Waals surface area (Å²) in [5.41, 5.74) is 1.21. The number of aromatic amines is 1. The zero-order chi connectivity index (χ0) is 20.8. The third-order valence-corrected chi connectivity index (χ3v) is 7.50. The molecular weight excluding hydrogens is 400 g/mol. The fourth-order valence-electron chi connectivity index (χ4n) is 4.70. The highest BCUT2D eigenvalue weighted by Crippen LogP contribution is 2.42. The van der Waals surface area contributed by atoms with Crippen molar-refractivity contribution in [3.8, 4) is 0 Å². The van der Waals surface area contributed by atoms with E-state index >= 15 is 0 Å². The maximum Gasteiger partial charge on any atom is 0.264 e. The van der Waals surface area contributed by atoms with Gasteiger partial charge < -0.3 is 14.8 Å². The first-order valence-electron chi connectivity index (χ1n) is 10.8. The largest absolute Gasteiger partial charge is 0.332 e. The van der Waals surface area contributed by atoms with Crippen LogP contribution in [0, 0.1) is 11.8 Å². The van der Waals surface area contributed by atoms with Gasteiger partial charge in [-0.25, -0.2) is 4.98 Å². The fourth-order valence-corrected chi connectivity index (χ4v) is 5.40. The molecule has 0 radical (unpaired) electrons. The van der Waals surface area contributed by atoms with E-state index in [-0.39, 0.29) is 29.3 Å². The minimum absolute atomic E-state index is 0.0172. The SMILES string of the molecule is CC1CC1C(=O)N1CCCCC1c1nc2c(c(=O)[nH]1)CCN(C(=O)c1cccs1)C2. The minimum Gasteiger partial charge on any atom is -0.332 e. The number of rotatable bonds is 3. The number of hydrogen-bond donors (Lipinski definition) is 1. The molecule has 3 unspecified atom stereocenters. The number of carbonyl (C=O) groups is 2. The molecule has 7 nitrogen and oxygen atoms in total.